The molecule has 1 saturated heterocycles. The van der Waals surface area contributed by atoms with Crippen LogP contribution in [0.3, 0.4) is 0 Å². The second-order valence-electron chi connectivity index (χ2n) is 10.9. The lowest BCUT2D eigenvalue weighted by Crippen LogP contribution is -2.43. The van der Waals surface area contributed by atoms with Crippen LogP contribution in [0.5, 0.6) is 23.0 Å². The zero-order valence-corrected chi connectivity index (χ0v) is 24.4. The van der Waals surface area contributed by atoms with E-state index in [1.54, 1.807) is 24.0 Å². The Kier molecular flexibility index (Phi) is 9.15. The number of carboxylic acid groups (broad SMARTS) is 1. The molecule has 0 aromatic heterocycles. The van der Waals surface area contributed by atoms with Gasteiger partial charge in [0.15, 0.2) is 0 Å². The van der Waals surface area contributed by atoms with Gasteiger partial charge in [-0.1, -0.05) is 60.7 Å². The molecule has 0 bridgehead atoms. The molecule has 1 aliphatic heterocycles. The lowest BCUT2D eigenvalue weighted by atomic mass is 9.96. The van der Waals surface area contributed by atoms with Crippen molar-refractivity contribution < 1.29 is 28.9 Å². The van der Waals surface area contributed by atoms with Gasteiger partial charge in [0.1, 0.15) is 23.0 Å². The number of ether oxygens (including phenoxy) is 3. The van der Waals surface area contributed by atoms with Gasteiger partial charge in [-0.25, -0.2) is 9.59 Å². The van der Waals surface area contributed by atoms with Crippen molar-refractivity contribution in [3.63, 3.8) is 0 Å². The number of nitrogens with zero attached hydrogens (tertiary/aromatic N) is 2. The molecular formula is C35H36N2O6. The summed E-state index contributed by atoms with van der Waals surface area (Å²) < 4.78 is 17.8. The van der Waals surface area contributed by atoms with Crippen molar-refractivity contribution in [2.75, 3.05) is 20.2 Å². The lowest BCUT2D eigenvalue weighted by Gasteiger charge is -2.26. The highest BCUT2D eigenvalue weighted by molar-refractivity contribution is 5.78. The normalized spacial score (nSPS) is 16.0. The minimum Gasteiger partial charge on any atom is -0.494 e. The van der Waals surface area contributed by atoms with Crippen molar-refractivity contribution in [2.24, 2.45) is 0 Å². The first-order valence-corrected chi connectivity index (χ1v) is 14.3. The third kappa shape index (κ3) is 7.65. The molecule has 2 unspecified atom stereocenters. The first kappa shape index (κ1) is 29.5. The summed E-state index contributed by atoms with van der Waals surface area (Å²) in [5, 5.41) is 9.85. The maximum absolute atomic E-state index is 13.0. The van der Waals surface area contributed by atoms with E-state index < -0.39 is 11.6 Å². The number of carbonyl (C=O) groups excluding carboxylic acids is 1. The monoisotopic (exact) mass is 580 g/mol. The molecule has 2 amide bonds. The summed E-state index contributed by atoms with van der Waals surface area (Å²) in [6.07, 6.45) is 0.878. The molecule has 1 N–H and O–H groups in total. The Morgan fingerprint density at radius 2 is 1.49 bits per heavy atom. The fraction of sp³-hybridized carbons (Fsp3) is 0.257. The van der Waals surface area contributed by atoms with Crippen LogP contribution in [0, 0.1) is 0 Å². The Morgan fingerprint density at radius 3 is 2.16 bits per heavy atom. The lowest BCUT2D eigenvalue weighted by molar-refractivity contribution is -0.153. The molecule has 0 aliphatic carbocycles. The molecule has 4 aromatic carbocycles. The van der Waals surface area contributed by atoms with Crippen molar-refractivity contribution >= 4 is 12.0 Å². The van der Waals surface area contributed by atoms with E-state index in [0.29, 0.717) is 37.6 Å². The average molecular weight is 581 g/mol. The number of rotatable bonds is 13. The predicted molar refractivity (Wildman–Crippen MR) is 164 cm³/mol. The summed E-state index contributed by atoms with van der Waals surface area (Å²) in [5.41, 5.74) is 0.411. The third-order valence-electron chi connectivity index (χ3n) is 7.53. The molecule has 4 aromatic rings. The van der Waals surface area contributed by atoms with Gasteiger partial charge in [-0.15, -0.1) is 0 Å². The van der Waals surface area contributed by atoms with Crippen LogP contribution in [0.4, 0.5) is 4.79 Å². The predicted octanol–water partition coefficient (Wildman–Crippen LogP) is 6.65. The zero-order valence-electron chi connectivity index (χ0n) is 24.4. The second-order valence-corrected chi connectivity index (χ2v) is 10.9. The first-order chi connectivity index (χ1) is 20.8. The van der Waals surface area contributed by atoms with Gasteiger partial charge in [0, 0.05) is 33.0 Å². The largest absolute Gasteiger partial charge is 0.494 e. The van der Waals surface area contributed by atoms with Gasteiger partial charge in [0.05, 0.1) is 12.6 Å². The molecule has 1 aliphatic rings. The highest BCUT2D eigenvalue weighted by Gasteiger charge is 2.36. The highest BCUT2D eigenvalue weighted by Crippen LogP contribution is 2.26. The van der Waals surface area contributed by atoms with Gasteiger partial charge in [-0.2, -0.15) is 0 Å². The van der Waals surface area contributed by atoms with Crippen molar-refractivity contribution in [1.29, 1.82) is 0 Å². The number of carbonyl (C=O) groups is 2. The van der Waals surface area contributed by atoms with Crippen LogP contribution in [0.1, 0.15) is 24.5 Å². The quantitative estimate of drug-likeness (QED) is 0.191. The number of para-hydroxylation sites is 2. The smallest absolute Gasteiger partial charge is 0.348 e. The Labute approximate surface area is 252 Å². The summed E-state index contributed by atoms with van der Waals surface area (Å²) in [5.74, 6) is 1.66. The van der Waals surface area contributed by atoms with Gasteiger partial charge >= 0.3 is 12.0 Å². The van der Waals surface area contributed by atoms with Crippen molar-refractivity contribution in [3.05, 3.63) is 120 Å². The standard InChI is InChI=1S/C35H36N2O6/c1-35(33(38)39,43-31-13-7-4-8-14-31)23-26-16-18-29(19-17-26)41-21-20-28-25-37(34(40)36(28)2)24-27-10-9-15-32(22-27)42-30-11-5-3-6-12-30/h3-19,22,28H,20-21,23-25H2,1-2H3,(H,38,39). The molecule has 222 valence electrons. The van der Waals surface area contributed by atoms with Gasteiger partial charge in [-0.3, -0.25) is 0 Å². The number of benzene rings is 4. The summed E-state index contributed by atoms with van der Waals surface area (Å²) in [4.78, 5) is 28.6. The fourth-order valence-corrected chi connectivity index (χ4v) is 5.11. The van der Waals surface area contributed by atoms with Gasteiger partial charge < -0.3 is 29.1 Å². The maximum Gasteiger partial charge on any atom is 0.348 e. The number of urea groups is 1. The summed E-state index contributed by atoms with van der Waals surface area (Å²) >= 11 is 0. The molecule has 43 heavy (non-hydrogen) atoms. The molecular weight excluding hydrogens is 544 g/mol. The molecule has 2 atom stereocenters. The Morgan fingerprint density at radius 1 is 0.837 bits per heavy atom. The SMILES string of the molecule is CN1C(=O)N(Cc2cccc(Oc3ccccc3)c2)CC1CCOc1ccc(CC(C)(Oc2ccccc2)C(=O)O)cc1. The summed E-state index contributed by atoms with van der Waals surface area (Å²) in [6, 6.07) is 33.8. The second kappa shape index (κ2) is 13.3. The van der Waals surface area contributed by atoms with Crippen molar-refractivity contribution in [1.82, 2.24) is 9.80 Å². The van der Waals surface area contributed by atoms with E-state index in [2.05, 4.69) is 0 Å². The van der Waals surface area contributed by atoms with Crippen LogP contribution in [-0.4, -0.2) is 58.7 Å². The maximum atomic E-state index is 13.0. The minimum absolute atomic E-state index is 0.0112. The van der Waals surface area contributed by atoms with Crippen LogP contribution in [0.2, 0.25) is 0 Å². The average Bonchev–Trinajstić information content (AvgIpc) is 3.27. The van der Waals surface area contributed by atoms with Gasteiger partial charge in [0.25, 0.3) is 0 Å². The van der Waals surface area contributed by atoms with E-state index in [0.717, 1.165) is 22.6 Å². The molecule has 0 saturated carbocycles. The van der Waals surface area contributed by atoms with Gasteiger partial charge in [-0.05, 0) is 66.6 Å². The Hall–Kier alpha value is -4.98. The van der Waals surface area contributed by atoms with Crippen LogP contribution in [-0.2, 0) is 17.8 Å². The Balaban J connectivity index is 1.11. The Bertz CT molecular complexity index is 1510. The molecule has 1 fully saturated rings. The van der Waals surface area contributed by atoms with E-state index in [1.165, 1.54) is 0 Å². The third-order valence-corrected chi connectivity index (χ3v) is 7.53. The van der Waals surface area contributed by atoms with E-state index in [4.69, 9.17) is 14.2 Å². The number of aliphatic carboxylic acids is 1. The van der Waals surface area contributed by atoms with Crippen LogP contribution in [0.15, 0.2) is 109 Å². The molecule has 8 heteroatoms. The van der Waals surface area contributed by atoms with E-state index in [9.17, 15) is 14.7 Å². The fourth-order valence-electron chi connectivity index (χ4n) is 5.11. The first-order valence-electron chi connectivity index (χ1n) is 14.3. The van der Waals surface area contributed by atoms with Crippen LogP contribution < -0.4 is 14.2 Å². The van der Waals surface area contributed by atoms with E-state index >= 15 is 0 Å². The van der Waals surface area contributed by atoms with Crippen LogP contribution in [0.25, 0.3) is 0 Å². The van der Waals surface area contributed by atoms with Crippen molar-refractivity contribution in [2.45, 2.75) is 38.0 Å². The molecule has 5 rings (SSSR count). The number of hydrogen-bond acceptors (Lipinski definition) is 5. The summed E-state index contributed by atoms with van der Waals surface area (Å²) in [7, 11) is 1.83. The molecule has 1 heterocycles. The number of hydrogen-bond donors (Lipinski definition) is 1. The number of likely N-dealkylation sites (N-methyl/N-ethyl adjacent to an activating group) is 1. The van der Waals surface area contributed by atoms with Crippen molar-refractivity contribution in [3.8, 4) is 23.0 Å². The number of carboxylic acids is 1. The van der Waals surface area contributed by atoms with Gasteiger partial charge in [0.2, 0.25) is 5.60 Å². The topological polar surface area (TPSA) is 88.5 Å². The number of amides is 2. The molecule has 0 spiro atoms. The highest BCUT2D eigenvalue weighted by atomic mass is 16.5. The van der Waals surface area contributed by atoms with E-state index in [1.807, 2.05) is 109 Å². The summed E-state index contributed by atoms with van der Waals surface area (Å²) in [6.45, 7) is 3.12. The minimum atomic E-state index is -1.41. The molecule has 8 nitrogen and oxygen atoms in total. The van der Waals surface area contributed by atoms with E-state index in [-0.39, 0.29) is 18.5 Å². The van der Waals surface area contributed by atoms with Crippen LogP contribution >= 0.6 is 0 Å². The molecule has 0 radical (unpaired) electrons. The zero-order chi connectivity index (χ0) is 30.2.